The summed E-state index contributed by atoms with van der Waals surface area (Å²) in [5.41, 5.74) is 7.32. The molecule has 2 aromatic carbocycles. The van der Waals surface area contributed by atoms with Crippen LogP contribution in [0.1, 0.15) is 31.9 Å². The third-order valence-electron chi connectivity index (χ3n) is 3.01. The van der Waals surface area contributed by atoms with Crippen molar-refractivity contribution in [3.63, 3.8) is 0 Å². The fourth-order valence-electron chi connectivity index (χ4n) is 2.05. The lowest BCUT2D eigenvalue weighted by molar-refractivity contribution is 0.480. The summed E-state index contributed by atoms with van der Waals surface area (Å²) in [5, 5.41) is 0. The van der Waals surface area contributed by atoms with Gasteiger partial charge in [0.1, 0.15) is 11.5 Å². The number of ether oxygens (including phenoxy) is 1. The van der Waals surface area contributed by atoms with Gasteiger partial charge < -0.3 is 10.5 Å². The van der Waals surface area contributed by atoms with Crippen molar-refractivity contribution in [2.75, 3.05) is 0 Å². The van der Waals surface area contributed by atoms with Gasteiger partial charge in [-0.15, -0.1) is 0 Å². The topological polar surface area (TPSA) is 35.2 Å². The molecule has 0 bridgehead atoms. The van der Waals surface area contributed by atoms with Crippen molar-refractivity contribution in [1.29, 1.82) is 0 Å². The molecule has 2 nitrogen and oxygen atoms in total. The summed E-state index contributed by atoms with van der Waals surface area (Å²) in [4.78, 5) is 0. The van der Waals surface area contributed by atoms with Crippen molar-refractivity contribution in [3.8, 4) is 11.5 Å². The van der Waals surface area contributed by atoms with E-state index in [0.29, 0.717) is 5.92 Å². The highest BCUT2D eigenvalue weighted by atomic mass is 16.5. The highest BCUT2D eigenvalue weighted by Gasteiger charge is 2.08. The molecule has 0 saturated carbocycles. The molecule has 0 aliphatic heterocycles. The first-order chi connectivity index (χ1) is 9.15. The molecule has 0 saturated heterocycles. The van der Waals surface area contributed by atoms with Crippen LogP contribution in [0.4, 0.5) is 0 Å². The molecule has 0 aliphatic carbocycles. The van der Waals surface area contributed by atoms with Crippen LogP contribution in [0.25, 0.3) is 0 Å². The van der Waals surface area contributed by atoms with Crippen LogP contribution in [-0.2, 0) is 0 Å². The Hall–Kier alpha value is -1.80. The maximum atomic E-state index is 6.16. The van der Waals surface area contributed by atoms with E-state index in [9.17, 15) is 0 Å². The number of para-hydroxylation sites is 1. The summed E-state index contributed by atoms with van der Waals surface area (Å²) in [6, 6.07) is 17.9. The largest absolute Gasteiger partial charge is 0.457 e. The summed E-state index contributed by atoms with van der Waals surface area (Å²) < 4.78 is 5.75. The number of nitrogens with two attached hydrogens (primary N) is 1. The molecular formula is C17H21NO. The molecule has 0 fully saturated rings. The predicted molar refractivity (Wildman–Crippen MR) is 79.3 cm³/mol. The summed E-state index contributed by atoms with van der Waals surface area (Å²) in [7, 11) is 0. The Bertz CT molecular complexity index is 490. The van der Waals surface area contributed by atoms with Crippen LogP contribution in [0.2, 0.25) is 0 Å². The van der Waals surface area contributed by atoms with E-state index < -0.39 is 0 Å². The van der Waals surface area contributed by atoms with Gasteiger partial charge in [0, 0.05) is 6.04 Å². The van der Waals surface area contributed by atoms with Gasteiger partial charge >= 0.3 is 0 Å². The Morgan fingerprint density at radius 1 is 0.895 bits per heavy atom. The predicted octanol–water partition coefficient (Wildman–Crippen LogP) is 4.52. The molecule has 100 valence electrons. The molecule has 2 rings (SSSR count). The van der Waals surface area contributed by atoms with Gasteiger partial charge in [0.2, 0.25) is 0 Å². The first-order valence-corrected chi connectivity index (χ1v) is 6.73. The molecule has 1 atom stereocenters. The van der Waals surface area contributed by atoms with E-state index in [1.807, 2.05) is 54.6 Å². The fourth-order valence-corrected chi connectivity index (χ4v) is 2.05. The van der Waals surface area contributed by atoms with Gasteiger partial charge in [-0.3, -0.25) is 0 Å². The van der Waals surface area contributed by atoms with Crippen LogP contribution >= 0.6 is 0 Å². The van der Waals surface area contributed by atoms with Gasteiger partial charge in [0.15, 0.2) is 0 Å². The minimum absolute atomic E-state index is 0.103. The van der Waals surface area contributed by atoms with Gasteiger partial charge in [0.05, 0.1) is 0 Å². The van der Waals surface area contributed by atoms with Gasteiger partial charge in [-0.2, -0.15) is 0 Å². The van der Waals surface area contributed by atoms with Gasteiger partial charge in [-0.25, -0.2) is 0 Å². The van der Waals surface area contributed by atoms with E-state index in [4.69, 9.17) is 10.5 Å². The van der Waals surface area contributed by atoms with Gasteiger partial charge in [-0.05, 0) is 42.2 Å². The Morgan fingerprint density at radius 2 is 1.47 bits per heavy atom. The lowest BCUT2D eigenvalue weighted by Gasteiger charge is -2.15. The molecule has 2 aromatic rings. The molecule has 0 amide bonds. The van der Waals surface area contributed by atoms with Gasteiger partial charge in [-0.1, -0.05) is 44.2 Å². The van der Waals surface area contributed by atoms with Crippen molar-refractivity contribution in [3.05, 3.63) is 60.2 Å². The first kappa shape index (κ1) is 13.6. The average molecular weight is 255 g/mol. The second kappa shape index (κ2) is 6.39. The number of rotatable bonds is 5. The lowest BCUT2D eigenvalue weighted by atomic mass is 9.98. The second-order valence-corrected chi connectivity index (χ2v) is 5.22. The van der Waals surface area contributed by atoms with E-state index in [0.717, 1.165) is 23.5 Å². The molecule has 0 heterocycles. The standard InChI is InChI=1S/C17H21NO/c1-13(2)12-17(18)14-8-10-16(11-9-14)19-15-6-4-3-5-7-15/h3-11,13,17H,12,18H2,1-2H3/t17-/m0/s1. The van der Waals surface area contributed by atoms with E-state index in [2.05, 4.69) is 13.8 Å². The molecule has 0 unspecified atom stereocenters. The fraction of sp³-hybridized carbons (Fsp3) is 0.294. The SMILES string of the molecule is CC(C)C[C@H](N)c1ccc(Oc2ccccc2)cc1. The Kier molecular flexibility index (Phi) is 4.58. The van der Waals surface area contributed by atoms with Crippen molar-refractivity contribution < 1.29 is 4.74 Å². The number of hydrogen-bond acceptors (Lipinski definition) is 2. The first-order valence-electron chi connectivity index (χ1n) is 6.73. The van der Waals surface area contributed by atoms with Crippen molar-refractivity contribution >= 4 is 0 Å². The Morgan fingerprint density at radius 3 is 2.05 bits per heavy atom. The van der Waals surface area contributed by atoms with Crippen LogP contribution in [0, 0.1) is 5.92 Å². The van der Waals surface area contributed by atoms with Crippen molar-refractivity contribution in [2.45, 2.75) is 26.3 Å². The van der Waals surface area contributed by atoms with Crippen LogP contribution in [0.5, 0.6) is 11.5 Å². The summed E-state index contributed by atoms with van der Waals surface area (Å²) in [6.45, 7) is 4.37. The minimum atomic E-state index is 0.103. The maximum Gasteiger partial charge on any atom is 0.127 e. The number of hydrogen-bond donors (Lipinski definition) is 1. The molecule has 0 radical (unpaired) electrons. The quantitative estimate of drug-likeness (QED) is 0.852. The smallest absolute Gasteiger partial charge is 0.127 e. The lowest BCUT2D eigenvalue weighted by Crippen LogP contribution is -2.12. The molecule has 19 heavy (non-hydrogen) atoms. The molecular weight excluding hydrogens is 234 g/mol. The highest BCUT2D eigenvalue weighted by Crippen LogP contribution is 2.24. The zero-order valence-electron chi connectivity index (χ0n) is 11.5. The van der Waals surface area contributed by atoms with Crippen LogP contribution in [0.3, 0.4) is 0 Å². The van der Waals surface area contributed by atoms with Crippen LogP contribution in [-0.4, -0.2) is 0 Å². The summed E-state index contributed by atoms with van der Waals surface area (Å²) >= 11 is 0. The highest BCUT2D eigenvalue weighted by molar-refractivity contribution is 5.33. The van der Waals surface area contributed by atoms with Crippen LogP contribution < -0.4 is 10.5 Å². The summed E-state index contributed by atoms with van der Waals surface area (Å²) in [5.74, 6) is 2.30. The summed E-state index contributed by atoms with van der Waals surface area (Å²) in [6.07, 6.45) is 0.999. The normalized spacial score (nSPS) is 12.4. The molecule has 2 heteroatoms. The monoisotopic (exact) mass is 255 g/mol. The number of benzene rings is 2. The molecule has 2 N–H and O–H groups in total. The van der Waals surface area contributed by atoms with Gasteiger partial charge in [0.25, 0.3) is 0 Å². The zero-order chi connectivity index (χ0) is 13.7. The van der Waals surface area contributed by atoms with Crippen LogP contribution in [0.15, 0.2) is 54.6 Å². The van der Waals surface area contributed by atoms with Crippen molar-refractivity contribution in [1.82, 2.24) is 0 Å². The molecule has 0 aliphatic rings. The molecule has 0 aromatic heterocycles. The third-order valence-corrected chi connectivity index (χ3v) is 3.01. The molecule has 0 spiro atoms. The third kappa shape index (κ3) is 4.11. The maximum absolute atomic E-state index is 6.16. The minimum Gasteiger partial charge on any atom is -0.457 e. The van der Waals surface area contributed by atoms with Crippen molar-refractivity contribution in [2.24, 2.45) is 11.7 Å². The average Bonchev–Trinajstić information content (AvgIpc) is 2.40. The van der Waals surface area contributed by atoms with E-state index >= 15 is 0 Å². The van der Waals surface area contributed by atoms with E-state index in [-0.39, 0.29) is 6.04 Å². The Labute approximate surface area is 115 Å². The second-order valence-electron chi connectivity index (χ2n) is 5.22. The van der Waals surface area contributed by atoms with E-state index in [1.54, 1.807) is 0 Å². The van der Waals surface area contributed by atoms with E-state index in [1.165, 1.54) is 0 Å². The zero-order valence-corrected chi connectivity index (χ0v) is 11.5. The Balaban J connectivity index is 2.02.